The van der Waals surface area contributed by atoms with E-state index in [0.717, 1.165) is 10.9 Å². The molecule has 0 aliphatic carbocycles. The van der Waals surface area contributed by atoms with Gasteiger partial charge in [0.25, 0.3) is 0 Å². The summed E-state index contributed by atoms with van der Waals surface area (Å²) < 4.78 is 22.0. The number of benzene rings is 1. The van der Waals surface area contributed by atoms with Gasteiger partial charge in [-0.2, -0.15) is 0 Å². The van der Waals surface area contributed by atoms with Crippen LogP contribution in [-0.4, -0.2) is 17.8 Å². The predicted octanol–water partition coefficient (Wildman–Crippen LogP) is 3.87. The minimum absolute atomic E-state index is 0.414. The van der Waals surface area contributed by atoms with Crippen molar-refractivity contribution in [1.29, 1.82) is 0 Å². The molecule has 0 radical (unpaired) electrons. The van der Waals surface area contributed by atoms with Crippen LogP contribution in [0.4, 0.5) is 4.79 Å². The average molecular weight is 381 g/mol. The summed E-state index contributed by atoms with van der Waals surface area (Å²) in [4.78, 5) is 23.6. The summed E-state index contributed by atoms with van der Waals surface area (Å²) in [6, 6.07) is 10.2. The van der Waals surface area contributed by atoms with Crippen molar-refractivity contribution in [1.82, 2.24) is 5.32 Å². The highest BCUT2D eigenvalue weighted by atomic mass is 16.6. The van der Waals surface area contributed by atoms with Crippen molar-refractivity contribution in [2.45, 2.75) is 32.0 Å². The molecule has 0 saturated heterocycles. The van der Waals surface area contributed by atoms with E-state index in [0.29, 0.717) is 23.5 Å². The third-order valence-corrected chi connectivity index (χ3v) is 4.60. The summed E-state index contributed by atoms with van der Waals surface area (Å²) in [5, 5.41) is 3.34. The summed E-state index contributed by atoms with van der Waals surface area (Å²) in [5.41, 5.74) is 0.174. The first kappa shape index (κ1) is 17.9. The smallest absolute Gasteiger partial charge is 0.411 e. The molecule has 3 aromatic rings. The Morgan fingerprint density at radius 2 is 2.14 bits per heavy atom. The van der Waals surface area contributed by atoms with E-state index in [1.807, 2.05) is 19.9 Å². The number of hydrogen-bond acceptors (Lipinski definition) is 6. The van der Waals surface area contributed by atoms with Gasteiger partial charge in [0, 0.05) is 30.1 Å². The third-order valence-electron chi connectivity index (χ3n) is 4.60. The van der Waals surface area contributed by atoms with Crippen LogP contribution in [0.5, 0.6) is 5.75 Å². The number of ether oxygens (including phenoxy) is 2. The molecule has 0 unspecified atom stereocenters. The summed E-state index contributed by atoms with van der Waals surface area (Å²) >= 11 is 0. The van der Waals surface area contributed by atoms with Gasteiger partial charge in [0.15, 0.2) is 0 Å². The Labute approximate surface area is 160 Å². The molecule has 144 valence electrons. The molecular formula is C21H19NO6. The van der Waals surface area contributed by atoms with Crippen LogP contribution in [0.15, 0.2) is 62.5 Å². The number of carbonyl (C=O) groups is 1. The lowest BCUT2D eigenvalue weighted by Crippen LogP contribution is -2.49. The van der Waals surface area contributed by atoms with Crippen LogP contribution in [0.25, 0.3) is 17.0 Å². The first-order chi connectivity index (χ1) is 13.4. The molecule has 1 amide bonds. The summed E-state index contributed by atoms with van der Waals surface area (Å²) in [6.45, 7) is 3.69. The Balaban J connectivity index is 1.50. The minimum atomic E-state index is -0.752. The fourth-order valence-electron chi connectivity index (χ4n) is 3.12. The second-order valence-corrected chi connectivity index (χ2v) is 7.05. The number of rotatable bonds is 3. The third kappa shape index (κ3) is 3.64. The average Bonchev–Trinajstić information content (AvgIpc) is 3.14. The summed E-state index contributed by atoms with van der Waals surface area (Å²) in [5.74, 6) is 1.24. The molecular weight excluding hydrogens is 362 g/mol. The molecule has 1 aliphatic heterocycles. The van der Waals surface area contributed by atoms with Crippen molar-refractivity contribution in [2.24, 2.45) is 0 Å². The Hall–Kier alpha value is -3.48. The summed E-state index contributed by atoms with van der Waals surface area (Å²) in [7, 11) is 0. The van der Waals surface area contributed by atoms with E-state index in [-0.39, 0.29) is 0 Å². The molecule has 0 fully saturated rings. The van der Waals surface area contributed by atoms with Gasteiger partial charge in [0.1, 0.15) is 28.8 Å². The highest BCUT2D eigenvalue weighted by Crippen LogP contribution is 2.37. The Bertz CT molecular complexity index is 1090. The van der Waals surface area contributed by atoms with Gasteiger partial charge in [-0.3, -0.25) is 5.32 Å². The second-order valence-electron chi connectivity index (χ2n) is 7.05. The van der Waals surface area contributed by atoms with Gasteiger partial charge in [0.05, 0.1) is 6.26 Å². The number of hydrogen-bond donors (Lipinski definition) is 1. The van der Waals surface area contributed by atoms with E-state index in [1.165, 1.54) is 12.3 Å². The zero-order valence-electron chi connectivity index (χ0n) is 15.4. The molecule has 0 saturated carbocycles. The lowest BCUT2D eigenvalue weighted by atomic mass is 9.90. The van der Waals surface area contributed by atoms with E-state index in [9.17, 15) is 9.59 Å². The van der Waals surface area contributed by atoms with Gasteiger partial charge in [-0.1, -0.05) is 0 Å². The Morgan fingerprint density at radius 3 is 2.93 bits per heavy atom. The molecule has 0 bridgehead atoms. The normalized spacial score (nSPS) is 17.9. The van der Waals surface area contributed by atoms with Gasteiger partial charge in [-0.25, -0.2) is 9.59 Å². The van der Waals surface area contributed by atoms with Crippen molar-refractivity contribution in [2.75, 3.05) is 0 Å². The molecule has 3 heterocycles. The number of nitrogens with one attached hydrogen (secondary N) is 1. The zero-order chi connectivity index (χ0) is 19.7. The van der Waals surface area contributed by atoms with Crippen molar-refractivity contribution in [3.05, 3.63) is 70.6 Å². The zero-order valence-corrected chi connectivity index (χ0v) is 15.4. The van der Waals surface area contributed by atoms with E-state index < -0.39 is 23.4 Å². The topological polar surface area (TPSA) is 90.9 Å². The maximum absolute atomic E-state index is 12.2. The van der Waals surface area contributed by atoms with Crippen LogP contribution in [-0.2, 0) is 11.2 Å². The van der Waals surface area contributed by atoms with Crippen LogP contribution in [0, 0.1) is 0 Å². The monoisotopic (exact) mass is 381 g/mol. The highest BCUT2D eigenvalue weighted by Gasteiger charge is 2.40. The van der Waals surface area contributed by atoms with Crippen molar-refractivity contribution in [3.8, 4) is 5.75 Å². The molecule has 28 heavy (non-hydrogen) atoms. The number of furan rings is 1. The molecule has 1 aliphatic rings. The lowest BCUT2D eigenvalue weighted by molar-refractivity contribution is -0.0486. The van der Waals surface area contributed by atoms with Crippen molar-refractivity contribution >= 4 is 23.1 Å². The molecule has 7 nitrogen and oxygen atoms in total. The van der Waals surface area contributed by atoms with Crippen LogP contribution in [0.1, 0.15) is 25.2 Å². The van der Waals surface area contributed by atoms with Gasteiger partial charge in [0.2, 0.25) is 0 Å². The Morgan fingerprint density at radius 1 is 1.29 bits per heavy atom. The van der Waals surface area contributed by atoms with Gasteiger partial charge < -0.3 is 18.3 Å². The second kappa shape index (κ2) is 6.92. The highest BCUT2D eigenvalue weighted by molar-refractivity contribution is 5.79. The van der Waals surface area contributed by atoms with Crippen molar-refractivity contribution < 1.29 is 23.1 Å². The number of fused-ring (bicyclic) bond motifs is 2. The Kier molecular flexibility index (Phi) is 4.43. The molecule has 1 aromatic carbocycles. The lowest BCUT2D eigenvalue weighted by Gasteiger charge is -2.39. The minimum Gasteiger partial charge on any atom is -0.484 e. The van der Waals surface area contributed by atoms with Crippen LogP contribution in [0.2, 0.25) is 0 Å². The first-order valence-corrected chi connectivity index (χ1v) is 8.84. The molecule has 4 rings (SSSR count). The van der Waals surface area contributed by atoms with Gasteiger partial charge in [-0.15, -0.1) is 0 Å². The fourth-order valence-corrected chi connectivity index (χ4v) is 3.12. The summed E-state index contributed by atoms with van der Waals surface area (Å²) in [6.07, 6.45) is 4.03. The van der Waals surface area contributed by atoms with Gasteiger partial charge in [-0.05, 0) is 49.8 Å². The van der Waals surface area contributed by atoms with E-state index in [4.69, 9.17) is 18.3 Å². The molecule has 2 aromatic heterocycles. The van der Waals surface area contributed by atoms with E-state index >= 15 is 0 Å². The van der Waals surface area contributed by atoms with Crippen molar-refractivity contribution in [3.63, 3.8) is 0 Å². The predicted molar refractivity (Wildman–Crippen MR) is 102 cm³/mol. The van der Waals surface area contributed by atoms with E-state index in [1.54, 1.807) is 36.6 Å². The molecule has 1 N–H and O–H groups in total. The largest absolute Gasteiger partial charge is 0.484 e. The fraction of sp³-hybridized carbons (Fsp3) is 0.238. The van der Waals surface area contributed by atoms with Crippen LogP contribution < -0.4 is 15.7 Å². The van der Waals surface area contributed by atoms with E-state index in [2.05, 4.69) is 5.32 Å². The first-order valence-electron chi connectivity index (χ1n) is 8.84. The maximum Gasteiger partial charge on any atom is 0.411 e. The quantitative estimate of drug-likeness (QED) is 0.693. The van der Waals surface area contributed by atoms with Crippen LogP contribution in [0.3, 0.4) is 0 Å². The standard InChI is InChI=1S/C21H19NO6/c1-21(2)18(27-20(24)22-8-7-15-4-3-9-25-15)11-14-10-13-5-6-19(23)26-16(13)12-17(14)28-21/h3-10,12,18H,11H2,1-2H3,(H,22,24)/b8-7+/t18-/m1/s1. The molecule has 1 atom stereocenters. The SMILES string of the molecule is CC1(C)Oc2cc3oc(=O)ccc3cc2C[C@H]1OC(=O)N/C=C/c1ccco1. The maximum atomic E-state index is 12.2. The van der Waals surface area contributed by atoms with Gasteiger partial charge >= 0.3 is 11.7 Å². The molecule has 0 spiro atoms. The number of amides is 1. The number of carbonyl (C=O) groups excluding carboxylic acids is 1. The number of alkyl carbamates (subject to hydrolysis) is 1. The van der Waals surface area contributed by atoms with Crippen LogP contribution >= 0.6 is 0 Å². The molecule has 7 heteroatoms.